The third-order valence-corrected chi connectivity index (χ3v) is 7.52. The van der Waals surface area contributed by atoms with Crippen molar-refractivity contribution in [3.63, 3.8) is 0 Å². The van der Waals surface area contributed by atoms with Gasteiger partial charge in [0.05, 0.1) is 16.6 Å². The van der Waals surface area contributed by atoms with Gasteiger partial charge in [0.25, 0.3) is 11.8 Å². The number of fused-ring (bicyclic) bond motifs is 2. The highest BCUT2D eigenvalue weighted by Crippen LogP contribution is 2.38. The van der Waals surface area contributed by atoms with Crippen LogP contribution in [0.25, 0.3) is 11.0 Å². The van der Waals surface area contributed by atoms with Gasteiger partial charge in [-0.05, 0) is 60.6 Å². The topological polar surface area (TPSA) is 115 Å². The fourth-order valence-corrected chi connectivity index (χ4v) is 5.64. The number of piperidine rings is 2. The van der Waals surface area contributed by atoms with Crippen LogP contribution in [0.2, 0.25) is 0 Å². The van der Waals surface area contributed by atoms with E-state index < -0.39 is 17.8 Å². The Balaban J connectivity index is 1.19. The van der Waals surface area contributed by atoms with Crippen LogP contribution in [0.1, 0.15) is 63.4 Å². The third-order valence-electron chi connectivity index (χ3n) is 7.52. The first-order valence-corrected chi connectivity index (χ1v) is 12.1. The number of nitrogens with zero attached hydrogens (tertiary/aromatic N) is 3. The zero-order valence-electron chi connectivity index (χ0n) is 19.4. The van der Waals surface area contributed by atoms with E-state index in [9.17, 15) is 23.6 Å². The molecule has 9 nitrogen and oxygen atoms in total. The number of halogens is 1. The summed E-state index contributed by atoms with van der Waals surface area (Å²) in [5.41, 5.74) is 3.88. The van der Waals surface area contributed by atoms with E-state index in [4.69, 9.17) is 0 Å². The number of carbonyl (C=O) groups excluding carboxylic acids is 4. The number of benzene rings is 1. The van der Waals surface area contributed by atoms with Crippen LogP contribution in [0.15, 0.2) is 36.7 Å². The molecular weight excluding hydrogens is 465 g/mol. The maximum absolute atomic E-state index is 14.6. The number of amides is 4. The molecule has 2 aromatic heterocycles. The minimum Gasteiger partial charge on any atom is -0.360 e. The lowest BCUT2D eigenvalue weighted by Gasteiger charge is -2.33. The van der Waals surface area contributed by atoms with Gasteiger partial charge in [0.1, 0.15) is 11.9 Å². The van der Waals surface area contributed by atoms with Crippen molar-refractivity contribution in [2.75, 3.05) is 13.1 Å². The van der Waals surface area contributed by atoms with Crippen molar-refractivity contribution in [2.24, 2.45) is 0 Å². The summed E-state index contributed by atoms with van der Waals surface area (Å²) in [7, 11) is 0. The predicted molar refractivity (Wildman–Crippen MR) is 126 cm³/mol. The minimum absolute atomic E-state index is 0.0166. The second-order valence-corrected chi connectivity index (χ2v) is 9.62. The van der Waals surface area contributed by atoms with E-state index in [1.165, 1.54) is 17.0 Å². The molecule has 2 N–H and O–H groups in total. The molecule has 0 spiro atoms. The largest absolute Gasteiger partial charge is 0.360 e. The summed E-state index contributed by atoms with van der Waals surface area (Å²) in [6.45, 7) is 1.21. The van der Waals surface area contributed by atoms with E-state index in [2.05, 4.69) is 15.3 Å². The molecule has 3 aliphatic heterocycles. The van der Waals surface area contributed by atoms with E-state index in [1.54, 1.807) is 23.4 Å². The molecule has 0 bridgehead atoms. The van der Waals surface area contributed by atoms with Crippen molar-refractivity contribution in [3.05, 3.63) is 64.7 Å². The standard InChI is InChI=1S/C26H24FN5O4/c27-16-10-17(19-13-32(26(36)18(19)11-16)22-1-2-23(33)30-24(22)34)14-4-7-31(8-5-14)25(35)15-9-21-20(29-12-15)3-6-28-21/h3,6,9-12,14,22,28H,1-2,4-5,7-8,13H2,(H,30,33,34). The van der Waals surface area contributed by atoms with E-state index in [0.717, 1.165) is 22.2 Å². The average molecular weight is 490 g/mol. The molecule has 1 atom stereocenters. The number of nitrogens with one attached hydrogen (secondary N) is 2. The van der Waals surface area contributed by atoms with Crippen molar-refractivity contribution in [1.29, 1.82) is 0 Å². The molecule has 4 amide bonds. The van der Waals surface area contributed by atoms with Crippen LogP contribution < -0.4 is 5.32 Å². The zero-order chi connectivity index (χ0) is 25.0. The van der Waals surface area contributed by atoms with Crippen molar-refractivity contribution in [2.45, 2.75) is 44.2 Å². The SMILES string of the molecule is O=C1CCC(N2Cc3c(cc(F)cc3C3CCN(C(=O)c4cnc5cc[nH]c5c4)CC3)C2=O)C(=O)N1. The number of H-pyrrole nitrogens is 1. The first-order chi connectivity index (χ1) is 17.4. The Kier molecular flexibility index (Phi) is 5.31. The lowest BCUT2D eigenvalue weighted by molar-refractivity contribution is -0.136. The summed E-state index contributed by atoms with van der Waals surface area (Å²) in [4.78, 5) is 60.7. The fraction of sp³-hybridized carbons (Fsp3) is 0.346. The molecule has 184 valence electrons. The Morgan fingerprint density at radius 2 is 1.89 bits per heavy atom. The molecule has 1 aromatic carbocycles. The second-order valence-electron chi connectivity index (χ2n) is 9.62. The van der Waals surface area contributed by atoms with Crippen LogP contribution in [0.5, 0.6) is 0 Å². The van der Waals surface area contributed by atoms with Crippen LogP contribution >= 0.6 is 0 Å². The summed E-state index contributed by atoms with van der Waals surface area (Å²) in [6, 6.07) is 5.61. The highest BCUT2D eigenvalue weighted by atomic mass is 19.1. The van der Waals surface area contributed by atoms with Gasteiger partial charge in [-0.2, -0.15) is 0 Å². The lowest BCUT2D eigenvalue weighted by Crippen LogP contribution is -2.52. The van der Waals surface area contributed by atoms with E-state index in [0.29, 0.717) is 31.5 Å². The Labute approximate surface area is 205 Å². The Morgan fingerprint density at radius 3 is 2.67 bits per heavy atom. The van der Waals surface area contributed by atoms with Gasteiger partial charge < -0.3 is 14.8 Å². The molecule has 0 saturated carbocycles. The highest BCUT2D eigenvalue weighted by Gasteiger charge is 2.41. The van der Waals surface area contributed by atoms with Gasteiger partial charge in [-0.1, -0.05) is 0 Å². The molecular formula is C26H24FN5O4. The van der Waals surface area contributed by atoms with Gasteiger partial charge in [-0.25, -0.2) is 4.39 Å². The van der Waals surface area contributed by atoms with Crippen LogP contribution in [-0.2, 0) is 16.1 Å². The maximum atomic E-state index is 14.6. The number of hydrogen-bond acceptors (Lipinski definition) is 5. The molecule has 0 radical (unpaired) electrons. The molecule has 36 heavy (non-hydrogen) atoms. The van der Waals surface area contributed by atoms with Gasteiger partial charge in [-0.15, -0.1) is 0 Å². The third kappa shape index (κ3) is 3.73. The maximum Gasteiger partial charge on any atom is 0.255 e. The fourth-order valence-electron chi connectivity index (χ4n) is 5.64. The number of aromatic amines is 1. The summed E-state index contributed by atoms with van der Waals surface area (Å²) in [6.07, 6.45) is 5.04. The minimum atomic E-state index is -0.747. The van der Waals surface area contributed by atoms with E-state index in [-0.39, 0.29) is 48.6 Å². The van der Waals surface area contributed by atoms with Crippen LogP contribution in [-0.4, -0.2) is 62.5 Å². The van der Waals surface area contributed by atoms with Gasteiger partial charge >= 0.3 is 0 Å². The first kappa shape index (κ1) is 22.4. The first-order valence-electron chi connectivity index (χ1n) is 12.1. The number of likely N-dealkylation sites (tertiary alicyclic amines) is 1. The summed E-state index contributed by atoms with van der Waals surface area (Å²) in [5, 5.41) is 2.29. The number of rotatable bonds is 3. The van der Waals surface area contributed by atoms with Gasteiger partial charge in [0.15, 0.2) is 0 Å². The molecule has 2 saturated heterocycles. The molecule has 2 fully saturated rings. The van der Waals surface area contributed by atoms with Crippen LogP contribution in [0.3, 0.4) is 0 Å². The lowest BCUT2D eigenvalue weighted by atomic mass is 9.85. The molecule has 6 rings (SSSR count). The van der Waals surface area contributed by atoms with Crippen LogP contribution in [0, 0.1) is 5.82 Å². The smallest absolute Gasteiger partial charge is 0.255 e. The monoisotopic (exact) mass is 489 g/mol. The molecule has 3 aromatic rings. The van der Waals surface area contributed by atoms with Crippen molar-refractivity contribution < 1.29 is 23.6 Å². The zero-order valence-corrected chi connectivity index (χ0v) is 19.4. The average Bonchev–Trinajstić information content (AvgIpc) is 3.47. The molecule has 1 unspecified atom stereocenters. The normalized spacial score (nSPS) is 20.7. The van der Waals surface area contributed by atoms with E-state index in [1.807, 2.05) is 6.07 Å². The van der Waals surface area contributed by atoms with Gasteiger partial charge in [0, 0.05) is 44.0 Å². The summed E-state index contributed by atoms with van der Waals surface area (Å²) < 4.78 is 14.6. The number of carbonyl (C=O) groups is 4. The highest BCUT2D eigenvalue weighted by molar-refractivity contribution is 6.05. The Bertz CT molecular complexity index is 1420. The summed E-state index contributed by atoms with van der Waals surface area (Å²) >= 11 is 0. The van der Waals surface area contributed by atoms with Gasteiger partial charge in [0.2, 0.25) is 11.8 Å². The van der Waals surface area contributed by atoms with E-state index >= 15 is 0 Å². The van der Waals surface area contributed by atoms with Gasteiger partial charge in [-0.3, -0.25) is 29.5 Å². The Morgan fingerprint density at radius 1 is 1.08 bits per heavy atom. The van der Waals surface area contributed by atoms with Crippen LogP contribution in [0.4, 0.5) is 4.39 Å². The molecule has 0 aliphatic carbocycles. The van der Waals surface area contributed by atoms with Crippen molar-refractivity contribution >= 4 is 34.7 Å². The number of aromatic nitrogens is 2. The predicted octanol–water partition coefficient (Wildman–Crippen LogP) is 2.48. The summed E-state index contributed by atoms with van der Waals surface area (Å²) in [5.74, 6) is -1.84. The Hall–Kier alpha value is -4.08. The molecule has 5 heterocycles. The molecule has 3 aliphatic rings. The number of pyridine rings is 1. The number of hydrogen-bond donors (Lipinski definition) is 2. The van der Waals surface area contributed by atoms with Crippen molar-refractivity contribution in [3.8, 4) is 0 Å². The quantitative estimate of drug-likeness (QED) is 0.549. The van der Waals surface area contributed by atoms with Crippen molar-refractivity contribution in [1.82, 2.24) is 25.1 Å². The number of imide groups is 1. The molecule has 10 heteroatoms. The second kappa shape index (κ2) is 8.54.